The van der Waals surface area contributed by atoms with E-state index in [-0.39, 0.29) is 0 Å². The molecule has 0 aliphatic heterocycles. The van der Waals surface area contributed by atoms with Crippen molar-refractivity contribution in [2.75, 3.05) is 0 Å². The second-order valence-corrected chi connectivity index (χ2v) is 28.0. The van der Waals surface area contributed by atoms with Gasteiger partial charge in [0.25, 0.3) is 0 Å². The fourth-order valence-corrected chi connectivity index (χ4v) is 14.1. The molecular weight excluding hydrogens is 1280 g/mol. The summed E-state index contributed by atoms with van der Waals surface area (Å²) in [4.78, 5) is 0. The van der Waals surface area contributed by atoms with E-state index >= 15 is 0 Å². The molecule has 5 heterocycles. The summed E-state index contributed by atoms with van der Waals surface area (Å²) in [6.45, 7) is 19.3. The first-order chi connectivity index (χ1) is 52.4. The van der Waals surface area contributed by atoms with Crippen LogP contribution in [0, 0.1) is 76.1 Å². The molecule has 0 aliphatic carbocycles. The number of hydrogen-bond donors (Lipinski definition) is 0. The summed E-state index contributed by atoms with van der Waals surface area (Å²) >= 11 is 0. The van der Waals surface area contributed by atoms with Crippen molar-refractivity contribution in [1.82, 2.24) is 0 Å². The van der Waals surface area contributed by atoms with Gasteiger partial charge in [0.1, 0.15) is 35.2 Å². The third kappa shape index (κ3) is 18.5. The van der Waals surface area contributed by atoms with Crippen molar-refractivity contribution in [2.45, 2.75) is 76.1 Å². The highest BCUT2D eigenvalue weighted by Crippen LogP contribution is 2.33. The van der Waals surface area contributed by atoms with Crippen LogP contribution in [-0.4, -0.2) is 0 Å². The van der Waals surface area contributed by atoms with Gasteiger partial charge in [-0.3, -0.25) is 0 Å². The minimum Gasteiger partial charge on any atom is -0.201 e. The quantitative estimate of drug-likeness (QED) is 0.122. The summed E-state index contributed by atoms with van der Waals surface area (Å²) in [6, 6.07) is 104. The lowest BCUT2D eigenvalue weighted by molar-refractivity contribution is -0.660. The monoisotopic (exact) mass is 1390 g/mol. The summed E-state index contributed by atoms with van der Waals surface area (Å²) in [6.07, 6.45) is 10.8. The number of nitrogens with zero attached hydrogens (tertiary/aromatic N) is 5. The molecular formula is C101H102N5+5. The van der Waals surface area contributed by atoms with Crippen LogP contribution in [0.2, 0.25) is 0 Å². The average Bonchev–Trinajstić information content (AvgIpc) is 0.783. The van der Waals surface area contributed by atoms with Crippen molar-refractivity contribution < 1.29 is 26.9 Å². The molecule has 0 amide bonds. The zero-order chi connectivity index (χ0) is 77.5. The zero-order valence-electron chi connectivity index (χ0n) is 67.4. The molecule has 15 aromatic rings. The van der Waals surface area contributed by atoms with E-state index in [1.54, 1.807) is 12.1 Å². The first kappa shape index (κ1) is 71.0. The maximum Gasteiger partial charge on any atom is 0.213 e. The summed E-state index contributed by atoms with van der Waals surface area (Å²) in [5, 5.41) is 0. The van der Waals surface area contributed by atoms with Crippen molar-refractivity contribution in [1.29, 1.82) is 0 Å². The third-order valence-electron chi connectivity index (χ3n) is 19.9. The van der Waals surface area contributed by atoms with Gasteiger partial charge in [0.05, 0.1) is 0 Å². The second kappa shape index (κ2) is 35.0. The Bertz CT molecular complexity index is 5640. The minimum atomic E-state index is -2.07. The number of rotatable bonds is 10. The summed E-state index contributed by atoms with van der Waals surface area (Å²) < 4.78 is 33.6. The maximum atomic E-state index is 7.57. The van der Waals surface area contributed by atoms with E-state index in [0.29, 0.717) is 5.56 Å². The Morgan fingerprint density at radius 3 is 0.830 bits per heavy atom. The molecule has 0 radical (unpaired) electrons. The number of aromatic nitrogens is 5. The lowest BCUT2D eigenvalue weighted by Crippen LogP contribution is -2.31. The van der Waals surface area contributed by atoms with Crippen molar-refractivity contribution in [3.63, 3.8) is 0 Å². The van der Waals surface area contributed by atoms with Crippen molar-refractivity contribution in [2.24, 2.45) is 35.2 Å². The summed E-state index contributed by atoms with van der Waals surface area (Å²) in [5.74, 6) is 0. The predicted octanol–water partition coefficient (Wildman–Crippen LogP) is 22.6. The molecule has 0 unspecified atom stereocenters. The molecule has 0 spiro atoms. The van der Waals surface area contributed by atoms with Crippen molar-refractivity contribution in [3.8, 4) is 112 Å². The van der Waals surface area contributed by atoms with Gasteiger partial charge < -0.3 is 0 Å². The molecule has 0 saturated heterocycles. The van der Waals surface area contributed by atoms with Gasteiger partial charge in [0.2, 0.25) is 28.5 Å². The Morgan fingerprint density at radius 2 is 0.472 bits per heavy atom. The van der Waals surface area contributed by atoms with Crippen LogP contribution < -0.4 is 22.8 Å². The number of hydrogen-bond acceptors (Lipinski definition) is 0. The van der Waals surface area contributed by atoms with Gasteiger partial charge in [-0.2, -0.15) is 0 Å². The standard InChI is InChI=1S/2C21H22N.2C20H20N.C19H18N/c1-15-10-11-19(16(2)12-15)21-13-20(17(3)14-22(21)4)18-8-6-5-7-9-18;1-15-10-11-19(16(2)12-15)21-13-17(3)20(14-22(21)4)18-8-6-5-7-9-18;1-15-9-7-8-12-18(15)20-13-19(16(2)14-21(20)3)17-10-5-4-6-11-17;1-15-9-10-19(16(2)13-15)20-14-18(11-12-21(20)3)17-7-5-4-6-8-17;1-15-8-6-7-11-18(15)19-14-17(12-13-20(19)2)16-9-4-3-5-10-16/h2*5-14H,1-4H3;2*4-14H,1-3H3;3-14H,1-2H3/q5*+1/i;1D3;;;. The Labute approximate surface area is 635 Å². The molecule has 0 saturated carbocycles. The van der Waals surface area contributed by atoms with Crippen LogP contribution in [0.3, 0.4) is 0 Å². The van der Waals surface area contributed by atoms with Crippen molar-refractivity contribution >= 4 is 0 Å². The van der Waals surface area contributed by atoms with E-state index in [1.165, 1.54) is 151 Å². The lowest BCUT2D eigenvalue weighted by atomic mass is 9.97. The second-order valence-electron chi connectivity index (χ2n) is 28.0. The molecule has 0 fully saturated rings. The number of pyridine rings is 5. The molecule has 10 aromatic carbocycles. The third-order valence-corrected chi connectivity index (χ3v) is 19.9. The van der Waals surface area contributed by atoms with Gasteiger partial charge in [0, 0.05) is 91.1 Å². The predicted molar refractivity (Wildman–Crippen MR) is 445 cm³/mol. The van der Waals surface area contributed by atoms with Crippen LogP contribution in [0.25, 0.3) is 112 Å². The SMILES string of the molecule is Cc1c[n+](C)c(-c2ccccc2C)cc1-c1ccccc1.Cc1ccc(-c2cc(-c3ccccc3)c(C)c[n+]2C)c(C)c1.Cc1ccc(-c2cc(-c3ccccc3)cc[n+]2C)c(C)c1.Cc1ccccc1-c1cc(-c2ccccc2)cc[n+]1C.[2H]C([2H])([2H])c1ccc(-c2cc(C)c(-c3ccccc3)c[n+]2C)c(C)c1. The number of aryl methyl sites for hydroxylation is 16. The van der Waals surface area contributed by atoms with E-state index < -0.39 is 6.85 Å². The minimum absolute atomic E-state index is 0.383. The fourth-order valence-electron chi connectivity index (χ4n) is 14.1. The van der Waals surface area contributed by atoms with Crippen LogP contribution in [-0.2, 0) is 35.2 Å². The largest absolute Gasteiger partial charge is 0.213 e. The van der Waals surface area contributed by atoms with E-state index in [4.69, 9.17) is 4.11 Å². The first-order valence-corrected chi connectivity index (χ1v) is 36.6. The van der Waals surface area contributed by atoms with E-state index in [1.807, 2.05) is 38.2 Å². The summed E-state index contributed by atoms with van der Waals surface area (Å²) in [5.41, 5.74) is 37.8. The normalized spacial score (nSPS) is 11.2. The van der Waals surface area contributed by atoms with Gasteiger partial charge in [-0.05, 0) is 190 Å². The molecule has 15 rings (SSSR count). The van der Waals surface area contributed by atoms with Gasteiger partial charge in [-0.25, -0.2) is 22.8 Å². The summed E-state index contributed by atoms with van der Waals surface area (Å²) in [7, 11) is 10.5. The molecule has 0 bridgehead atoms. The highest BCUT2D eigenvalue weighted by Gasteiger charge is 2.21. The molecule has 526 valence electrons. The Hall–Kier alpha value is -12.1. The van der Waals surface area contributed by atoms with Crippen LogP contribution >= 0.6 is 0 Å². The molecule has 0 aliphatic rings. The van der Waals surface area contributed by atoms with Gasteiger partial charge in [0.15, 0.2) is 31.0 Å². The topological polar surface area (TPSA) is 19.4 Å². The van der Waals surface area contributed by atoms with Crippen LogP contribution in [0.5, 0.6) is 0 Å². The first-order valence-electron chi connectivity index (χ1n) is 38.1. The van der Waals surface area contributed by atoms with Crippen LogP contribution in [0.1, 0.15) is 65.3 Å². The molecule has 5 aromatic heterocycles. The van der Waals surface area contributed by atoms with E-state index in [9.17, 15) is 0 Å². The molecule has 0 atom stereocenters. The average molecular weight is 1390 g/mol. The molecule has 0 N–H and O–H groups in total. The van der Waals surface area contributed by atoms with E-state index in [0.717, 1.165) is 16.8 Å². The highest BCUT2D eigenvalue weighted by atomic mass is 14.9. The fraction of sp³-hybridized carbons (Fsp3) is 0.158. The zero-order valence-corrected chi connectivity index (χ0v) is 64.4. The Balaban J connectivity index is 0.000000136. The van der Waals surface area contributed by atoms with Crippen LogP contribution in [0.4, 0.5) is 0 Å². The molecule has 5 heteroatoms. The number of benzene rings is 10. The molecule has 106 heavy (non-hydrogen) atoms. The Morgan fingerprint density at radius 1 is 0.189 bits per heavy atom. The van der Waals surface area contributed by atoms with Crippen LogP contribution in [0.15, 0.2) is 328 Å². The lowest BCUT2D eigenvalue weighted by Gasteiger charge is -2.10. The Kier molecular flexibility index (Phi) is 23.4. The van der Waals surface area contributed by atoms with E-state index in [2.05, 4.69) is 405 Å². The van der Waals surface area contributed by atoms with Gasteiger partial charge >= 0.3 is 0 Å². The van der Waals surface area contributed by atoms with Gasteiger partial charge in [-0.15, -0.1) is 0 Å². The molecule has 5 nitrogen and oxygen atoms in total. The highest BCUT2D eigenvalue weighted by molar-refractivity contribution is 5.76. The van der Waals surface area contributed by atoms with Gasteiger partial charge in [-0.1, -0.05) is 241 Å². The maximum absolute atomic E-state index is 7.57. The smallest absolute Gasteiger partial charge is 0.201 e. The van der Waals surface area contributed by atoms with Crippen molar-refractivity contribution in [3.05, 3.63) is 389 Å².